The fourth-order valence-corrected chi connectivity index (χ4v) is 1.35. The molecule has 3 nitrogen and oxygen atoms in total. The molecule has 0 aliphatic heterocycles. The molecule has 0 spiro atoms. The summed E-state index contributed by atoms with van der Waals surface area (Å²) in [7, 11) is 0. The number of anilines is 1. The fraction of sp³-hybridized carbons (Fsp3) is 0.417. The number of hydrogen-bond acceptors (Lipinski definition) is 2. The van der Waals surface area contributed by atoms with Gasteiger partial charge in [0.2, 0.25) is 0 Å². The Bertz CT molecular complexity index is 402. The van der Waals surface area contributed by atoms with Crippen molar-refractivity contribution in [3.63, 3.8) is 0 Å². The van der Waals surface area contributed by atoms with Gasteiger partial charge < -0.3 is 10.4 Å². The van der Waals surface area contributed by atoms with Crippen molar-refractivity contribution in [2.45, 2.75) is 20.8 Å². The van der Waals surface area contributed by atoms with Crippen LogP contribution in [0, 0.1) is 12.3 Å². The van der Waals surface area contributed by atoms with Gasteiger partial charge in [-0.3, -0.25) is 4.79 Å². The first-order chi connectivity index (χ1) is 7.33. The molecule has 0 bridgehead atoms. The maximum atomic E-state index is 10.9. The third-order valence-corrected chi connectivity index (χ3v) is 2.75. The van der Waals surface area contributed by atoms with Gasteiger partial charge in [-0.25, -0.2) is 0 Å². The number of aryl methyl sites for hydroxylation is 1. The van der Waals surface area contributed by atoms with Crippen molar-refractivity contribution in [1.82, 2.24) is 0 Å². The van der Waals surface area contributed by atoms with Crippen molar-refractivity contribution in [2.75, 3.05) is 11.9 Å². The minimum Gasteiger partial charge on any atom is -0.481 e. The number of carbonyl (C=O) groups is 1. The normalized spacial score (nSPS) is 11.2. The molecule has 2 N–H and O–H groups in total. The third kappa shape index (κ3) is 3.14. The zero-order valence-corrected chi connectivity index (χ0v) is 10.4. The summed E-state index contributed by atoms with van der Waals surface area (Å²) in [6.07, 6.45) is 0. The molecule has 0 unspecified atom stereocenters. The lowest BCUT2D eigenvalue weighted by atomic mass is 9.94. The van der Waals surface area contributed by atoms with Gasteiger partial charge in [-0.2, -0.15) is 0 Å². The summed E-state index contributed by atoms with van der Waals surface area (Å²) in [5.41, 5.74) is 1.05. The van der Waals surface area contributed by atoms with E-state index in [0.29, 0.717) is 11.6 Å². The van der Waals surface area contributed by atoms with Crippen LogP contribution in [0.25, 0.3) is 0 Å². The van der Waals surface area contributed by atoms with Crippen molar-refractivity contribution in [3.8, 4) is 0 Å². The van der Waals surface area contributed by atoms with E-state index in [1.807, 2.05) is 19.1 Å². The quantitative estimate of drug-likeness (QED) is 0.851. The fourth-order valence-electron chi connectivity index (χ4n) is 1.17. The average Bonchev–Trinajstić information content (AvgIpc) is 2.19. The van der Waals surface area contributed by atoms with Gasteiger partial charge in [0, 0.05) is 6.54 Å². The molecule has 0 radical (unpaired) electrons. The second-order valence-corrected chi connectivity index (χ2v) is 4.93. The van der Waals surface area contributed by atoms with Gasteiger partial charge in [-0.15, -0.1) is 0 Å². The minimum atomic E-state index is -0.830. The number of aliphatic carboxylic acids is 1. The molecule has 88 valence electrons. The lowest BCUT2D eigenvalue weighted by Crippen LogP contribution is -2.31. The number of benzene rings is 1. The number of nitrogens with one attached hydrogen (secondary N) is 1. The van der Waals surface area contributed by atoms with Crippen molar-refractivity contribution in [3.05, 3.63) is 28.8 Å². The van der Waals surface area contributed by atoms with Crippen LogP contribution in [0.5, 0.6) is 0 Å². The number of carboxylic acid groups (broad SMARTS) is 1. The molecular weight excluding hydrogens is 226 g/mol. The Kier molecular flexibility index (Phi) is 3.81. The summed E-state index contributed by atoms with van der Waals surface area (Å²) in [6.45, 7) is 5.65. The van der Waals surface area contributed by atoms with Gasteiger partial charge in [-0.05, 0) is 38.5 Å². The van der Waals surface area contributed by atoms with E-state index >= 15 is 0 Å². The highest BCUT2D eigenvalue weighted by atomic mass is 35.5. The van der Waals surface area contributed by atoms with Crippen LogP contribution < -0.4 is 5.32 Å². The van der Waals surface area contributed by atoms with E-state index in [-0.39, 0.29) is 0 Å². The number of hydrogen-bond donors (Lipinski definition) is 2. The van der Waals surface area contributed by atoms with Gasteiger partial charge in [0.1, 0.15) is 0 Å². The van der Waals surface area contributed by atoms with Crippen LogP contribution in [0.15, 0.2) is 18.2 Å². The van der Waals surface area contributed by atoms with Crippen LogP contribution in [0.3, 0.4) is 0 Å². The summed E-state index contributed by atoms with van der Waals surface area (Å²) < 4.78 is 0. The molecule has 16 heavy (non-hydrogen) atoms. The average molecular weight is 242 g/mol. The van der Waals surface area contributed by atoms with E-state index in [4.69, 9.17) is 16.7 Å². The summed E-state index contributed by atoms with van der Waals surface area (Å²) in [5, 5.41) is 12.6. The molecule has 0 fully saturated rings. The number of rotatable bonds is 4. The third-order valence-electron chi connectivity index (χ3n) is 2.42. The molecule has 0 atom stereocenters. The van der Waals surface area contributed by atoms with E-state index in [1.54, 1.807) is 19.9 Å². The van der Waals surface area contributed by atoms with Crippen LogP contribution in [0.2, 0.25) is 5.02 Å². The van der Waals surface area contributed by atoms with Crippen LogP contribution in [0.4, 0.5) is 5.69 Å². The minimum absolute atomic E-state index is 0.339. The van der Waals surface area contributed by atoms with E-state index in [2.05, 4.69) is 5.32 Å². The van der Waals surface area contributed by atoms with Gasteiger partial charge >= 0.3 is 5.97 Å². The Labute approximate surface area is 100 Å². The summed E-state index contributed by atoms with van der Waals surface area (Å²) in [6, 6.07) is 5.61. The lowest BCUT2D eigenvalue weighted by Gasteiger charge is -2.20. The van der Waals surface area contributed by atoms with E-state index < -0.39 is 11.4 Å². The molecule has 0 saturated carbocycles. The van der Waals surface area contributed by atoms with Gasteiger partial charge in [-0.1, -0.05) is 17.7 Å². The predicted molar refractivity (Wildman–Crippen MR) is 66.1 cm³/mol. The molecule has 0 aliphatic carbocycles. The first kappa shape index (κ1) is 12.8. The Morgan fingerprint density at radius 2 is 2.12 bits per heavy atom. The molecule has 0 aromatic heterocycles. The molecule has 0 heterocycles. The van der Waals surface area contributed by atoms with E-state index in [0.717, 1.165) is 11.3 Å². The van der Waals surface area contributed by atoms with Crippen LogP contribution in [-0.4, -0.2) is 17.6 Å². The molecule has 1 rings (SSSR count). The number of carboxylic acids is 1. The van der Waals surface area contributed by atoms with E-state index in [9.17, 15) is 4.79 Å². The topological polar surface area (TPSA) is 49.3 Å². The van der Waals surface area contributed by atoms with Gasteiger partial charge in [0.15, 0.2) is 0 Å². The predicted octanol–water partition coefficient (Wildman–Crippen LogP) is 3.17. The summed E-state index contributed by atoms with van der Waals surface area (Å²) in [5.74, 6) is -0.830. The molecule has 0 amide bonds. The van der Waals surface area contributed by atoms with Crippen molar-refractivity contribution in [1.29, 1.82) is 0 Å². The first-order valence-electron chi connectivity index (χ1n) is 5.06. The molecule has 1 aromatic carbocycles. The summed E-state index contributed by atoms with van der Waals surface area (Å²) in [4.78, 5) is 10.9. The highest BCUT2D eigenvalue weighted by Gasteiger charge is 2.26. The number of halogens is 1. The monoisotopic (exact) mass is 241 g/mol. The molecular formula is C12H16ClNO2. The molecule has 4 heteroatoms. The SMILES string of the molecule is Cc1ccc(Cl)c(NCC(C)(C)C(=O)O)c1. The highest BCUT2D eigenvalue weighted by Crippen LogP contribution is 2.24. The Morgan fingerprint density at radius 1 is 1.50 bits per heavy atom. The first-order valence-corrected chi connectivity index (χ1v) is 5.44. The molecule has 1 aromatic rings. The maximum absolute atomic E-state index is 10.9. The van der Waals surface area contributed by atoms with Crippen LogP contribution in [0.1, 0.15) is 19.4 Å². The zero-order valence-electron chi connectivity index (χ0n) is 9.67. The highest BCUT2D eigenvalue weighted by molar-refractivity contribution is 6.33. The van der Waals surface area contributed by atoms with Gasteiger partial charge in [0.05, 0.1) is 16.1 Å². The molecule has 0 saturated heterocycles. The lowest BCUT2D eigenvalue weighted by molar-refractivity contribution is -0.146. The Balaban J connectivity index is 2.75. The summed E-state index contributed by atoms with van der Waals surface area (Å²) >= 11 is 5.99. The molecule has 0 aliphatic rings. The largest absolute Gasteiger partial charge is 0.481 e. The van der Waals surface area contributed by atoms with Crippen molar-refractivity contribution < 1.29 is 9.90 Å². The standard InChI is InChI=1S/C12H16ClNO2/c1-8-4-5-9(13)10(6-8)14-7-12(2,3)11(15)16/h4-6,14H,7H2,1-3H3,(H,15,16). The smallest absolute Gasteiger partial charge is 0.310 e. The van der Waals surface area contributed by atoms with Gasteiger partial charge in [0.25, 0.3) is 0 Å². The Hall–Kier alpha value is -1.22. The second kappa shape index (κ2) is 4.74. The van der Waals surface area contributed by atoms with Crippen molar-refractivity contribution in [2.24, 2.45) is 5.41 Å². The Morgan fingerprint density at radius 3 is 2.69 bits per heavy atom. The second-order valence-electron chi connectivity index (χ2n) is 4.53. The van der Waals surface area contributed by atoms with Crippen molar-refractivity contribution >= 4 is 23.3 Å². The van der Waals surface area contributed by atoms with Crippen LogP contribution >= 0.6 is 11.6 Å². The zero-order chi connectivity index (χ0) is 12.3. The maximum Gasteiger partial charge on any atom is 0.310 e. The van der Waals surface area contributed by atoms with E-state index in [1.165, 1.54) is 0 Å². The van der Waals surface area contributed by atoms with Crippen LogP contribution in [-0.2, 0) is 4.79 Å².